The van der Waals surface area contributed by atoms with Gasteiger partial charge in [-0.1, -0.05) is 23.2 Å². The lowest BCUT2D eigenvalue weighted by Crippen LogP contribution is -2.46. The highest BCUT2D eigenvalue weighted by molar-refractivity contribution is 6.42. The SMILES string of the molecule is CC(Oc1ccc(Cl)c(Cl)c1)C(=O)N1CCC(C(C)O)CC1. The highest BCUT2D eigenvalue weighted by Crippen LogP contribution is 2.27. The number of likely N-dealkylation sites (tertiary alicyclic amines) is 1. The van der Waals surface area contributed by atoms with Gasteiger partial charge in [-0.25, -0.2) is 0 Å². The summed E-state index contributed by atoms with van der Waals surface area (Å²) in [5.41, 5.74) is 0. The lowest BCUT2D eigenvalue weighted by molar-refractivity contribution is -0.139. The molecule has 0 spiro atoms. The molecular weight excluding hydrogens is 325 g/mol. The van der Waals surface area contributed by atoms with E-state index in [1.54, 1.807) is 36.9 Å². The molecule has 0 radical (unpaired) electrons. The zero-order valence-corrected chi connectivity index (χ0v) is 14.3. The second-order valence-corrected chi connectivity index (χ2v) is 6.55. The smallest absolute Gasteiger partial charge is 0.263 e. The van der Waals surface area contributed by atoms with Crippen molar-refractivity contribution in [3.05, 3.63) is 28.2 Å². The second kappa shape index (κ2) is 7.53. The molecule has 1 fully saturated rings. The molecule has 1 aromatic carbocycles. The maximum absolute atomic E-state index is 12.4. The van der Waals surface area contributed by atoms with Crippen LogP contribution < -0.4 is 4.74 Å². The summed E-state index contributed by atoms with van der Waals surface area (Å²) in [5.74, 6) is 0.750. The van der Waals surface area contributed by atoms with Gasteiger partial charge < -0.3 is 14.7 Å². The summed E-state index contributed by atoms with van der Waals surface area (Å²) in [6.07, 6.45) is 0.744. The third-order valence-corrected chi connectivity index (χ3v) is 4.82. The van der Waals surface area contributed by atoms with Crippen LogP contribution in [0, 0.1) is 5.92 Å². The predicted octanol–water partition coefficient (Wildman–Crippen LogP) is 3.38. The molecule has 0 saturated carbocycles. The van der Waals surface area contributed by atoms with Crippen molar-refractivity contribution in [1.29, 1.82) is 0 Å². The summed E-state index contributed by atoms with van der Waals surface area (Å²) in [6, 6.07) is 4.94. The molecule has 0 aromatic heterocycles. The Balaban J connectivity index is 1.91. The van der Waals surface area contributed by atoms with Crippen LogP contribution in [0.1, 0.15) is 26.7 Å². The maximum atomic E-state index is 12.4. The zero-order chi connectivity index (χ0) is 16.3. The van der Waals surface area contributed by atoms with Gasteiger partial charge in [0.05, 0.1) is 16.1 Å². The molecule has 2 unspecified atom stereocenters. The van der Waals surface area contributed by atoms with Crippen LogP contribution in [-0.2, 0) is 4.79 Å². The van der Waals surface area contributed by atoms with Gasteiger partial charge in [-0.2, -0.15) is 0 Å². The summed E-state index contributed by atoms with van der Waals surface area (Å²) in [7, 11) is 0. The summed E-state index contributed by atoms with van der Waals surface area (Å²) in [4.78, 5) is 14.2. The van der Waals surface area contributed by atoms with Gasteiger partial charge in [-0.15, -0.1) is 0 Å². The van der Waals surface area contributed by atoms with E-state index in [4.69, 9.17) is 27.9 Å². The molecule has 0 bridgehead atoms. The van der Waals surface area contributed by atoms with E-state index in [1.807, 2.05) is 0 Å². The number of aliphatic hydroxyl groups is 1. The van der Waals surface area contributed by atoms with Crippen molar-refractivity contribution >= 4 is 29.1 Å². The monoisotopic (exact) mass is 345 g/mol. The molecule has 122 valence electrons. The molecule has 22 heavy (non-hydrogen) atoms. The molecule has 1 N–H and O–H groups in total. The molecule has 1 aromatic rings. The van der Waals surface area contributed by atoms with Gasteiger partial charge in [0, 0.05) is 19.2 Å². The van der Waals surface area contributed by atoms with Crippen LogP contribution >= 0.6 is 23.2 Å². The Bertz CT molecular complexity index is 528. The maximum Gasteiger partial charge on any atom is 0.263 e. The van der Waals surface area contributed by atoms with E-state index in [0.717, 1.165) is 12.8 Å². The average molecular weight is 346 g/mol. The molecule has 0 aliphatic carbocycles. The molecule has 1 heterocycles. The molecule has 6 heteroatoms. The lowest BCUT2D eigenvalue weighted by atomic mass is 9.92. The van der Waals surface area contributed by atoms with Gasteiger partial charge in [-0.05, 0) is 44.7 Å². The Labute approximate surface area is 141 Å². The standard InChI is InChI=1S/C16H21Cl2NO3/c1-10(20)12-5-7-19(8-6-12)16(21)11(2)22-13-3-4-14(17)15(18)9-13/h3-4,9-12,20H,5-8H2,1-2H3. The Kier molecular flexibility index (Phi) is 5.95. The van der Waals surface area contributed by atoms with Gasteiger partial charge in [0.1, 0.15) is 5.75 Å². The van der Waals surface area contributed by atoms with Gasteiger partial charge >= 0.3 is 0 Å². The van der Waals surface area contributed by atoms with Crippen molar-refractivity contribution in [1.82, 2.24) is 4.90 Å². The average Bonchev–Trinajstić information content (AvgIpc) is 2.50. The number of aliphatic hydroxyl groups excluding tert-OH is 1. The van der Waals surface area contributed by atoms with Gasteiger partial charge in [-0.3, -0.25) is 4.79 Å². The lowest BCUT2D eigenvalue weighted by Gasteiger charge is -2.34. The number of halogens is 2. The molecule has 1 amide bonds. The molecule has 1 aliphatic rings. The van der Waals surface area contributed by atoms with E-state index in [-0.39, 0.29) is 17.9 Å². The third kappa shape index (κ3) is 4.28. The number of rotatable bonds is 4. The van der Waals surface area contributed by atoms with Crippen molar-refractivity contribution < 1.29 is 14.6 Å². The minimum atomic E-state index is -0.583. The fraction of sp³-hybridized carbons (Fsp3) is 0.562. The summed E-state index contributed by atoms with van der Waals surface area (Å²) in [6.45, 7) is 4.84. The van der Waals surface area contributed by atoms with Crippen LogP contribution in [0.2, 0.25) is 10.0 Å². The summed E-state index contributed by atoms with van der Waals surface area (Å²) in [5, 5.41) is 10.5. The Hall–Kier alpha value is -0.970. The van der Waals surface area contributed by atoms with E-state index >= 15 is 0 Å². The van der Waals surface area contributed by atoms with E-state index in [0.29, 0.717) is 28.9 Å². The number of hydrogen-bond acceptors (Lipinski definition) is 3. The van der Waals surface area contributed by atoms with Crippen molar-refractivity contribution in [2.24, 2.45) is 5.92 Å². The molecule has 2 rings (SSSR count). The second-order valence-electron chi connectivity index (χ2n) is 5.74. The molecule has 2 atom stereocenters. The van der Waals surface area contributed by atoms with Crippen molar-refractivity contribution in [2.75, 3.05) is 13.1 Å². The van der Waals surface area contributed by atoms with E-state index in [2.05, 4.69) is 0 Å². The first-order chi connectivity index (χ1) is 10.4. The van der Waals surface area contributed by atoms with E-state index in [1.165, 1.54) is 0 Å². The zero-order valence-electron chi connectivity index (χ0n) is 12.8. The van der Waals surface area contributed by atoms with Crippen LogP contribution in [0.15, 0.2) is 18.2 Å². The first-order valence-corrected chi connectivity index (χ1v) is 8.22. The fourth-order valence-electron chi connectivity index (χ4n) is 2.66. The first kappa shape index (κ1) is 17.4. The van der Waals surface area contributed by atoms with Crippen LogP contribution in [0.25, 0.3) is 0 Å². The molecule has 4 nitrogen and oxygen atoms in total. The fourth-order valence-corrected chi connectivity index (χ4v) is 2.95. The van der Waals surface area contributed by atoms with Crippen LogP contribution in [0.3, 0.4) is 0 Å². The number of nitrogens with zero attached hydrogens (tertiary/aromatic N) is 1. The van der Waals surface area contributed by atoms with Gasteiger partial charge in [0.25, 0.3) is 5.91 Å². The van der Waals surface area contributed by atoms with Crippen molar-refractivity contribution in [3.63, 3.8) is 0 Å². The molecule has 1 aliphatic heterocycles. The van der Waals surface area contributed by atoms with Crippen LogP contribution in [0.4, 0.5) is 0 Å². The van der Waals surface area contributed by atoms with Crippen molar-refractivity contribution in [3.8, 4) is 5.75 Å². The summed E-state index contributed by atoms with van der Waals surface area (Å²) < 4.78 is 5.66. The number of carbonyl (C=O) groups excluding carboxylic acids is 1. The first-order valence-electron chi connectivity index (χ1n) is 7.47. The topological polar surface area (TPSA) is 49.8 Å². The van der Waals surface area contributed by atoms with Gasteiger partial charge in [0.2, 0.25) is 0 Å². The van der Waals surface area contributed by atoms with Crippen molar-refractivity contribution in [2.45, 2.75) is 38.9 Å². The van der Waals surface area contributed by atoms with Gasteiger partial charge in [0.15, 0.2) is 6.10 Å². The number of carbonyl (C=O) groups is 1. The number of piperidine rings is 1. The normalized spacial score (nSPS) is 18.9. The summed E-state index contributed by atoms with van der Waals surface area (Å²) >= 11 is 11.8. The third-order valence-electron chi connectivity index (χ3n) is 4.09. The van der Waals surface area contributed by atoms with Crippen LogP contribution in [0.5, 0.6) is 5.75 Å². The van der Waals surface area contributed by atoms with Crippen LogP contribution in [-0.4, -0.2) is 41.2 Å². The molecule has 1 saturated heterocycles. The Morgan fingerprint density at radius 1 is 1.27 bits per heavy atom. The molecular formula is C16H21Cl2NO3. The minimum absolute atomic E-state index is 0.0462. The Morgan fingerprint density at radius 2 is 1.91 bits per heavy atom. The number of benzene rings is 1. The highest BCUT2D eigenvalue weighted by atomic mass is 35.5. The quantitative estimate of drug-likeness (QED) is 0.909. The largest absolute Gasteiger partial charge is 0.481 e. The number of ether oxygens (including phenoxy) is 1. The minimum Gasteiger partial charge on any atom is -0.481 e. The van der Waals surface area contributed by atoms with E-state index in [9.17, 15) is 9.90 Å². The highest BCUT2D eigenvalue weighted by Gasteiger charge is 2.28. The Morgan fingerprint density at radius 3 is 2.45 bits per heavy atom. The number of amides is 1. The predicted molar refractivity (Wildman–Crippen MR) is 87.5 cm³/mol. The van der Waals surface area contributed by atoms with E-state index < -0.39 is 6.10 Å². The number of hydrogen-bond donors (Lipinski definition) is 1.